The first kappa shape index (κ1) is 17.9. The Morgan fingerprint density at radius 3 is 2.04 bits per heavy atom. The van der Waals surface area contributed by atoms with Crippen LogP contribution in [0.4, 0.5) is 0 Å². The van der Waals surface area contributed by atoms with Crippen LogP contribution >= 0.6 is 0 Å². The van der Waals surface area contributed by atoms with Crippen LogP contribution in [-0.2, 0) is 9.84 Å². The average molecular weight is 370 g/mol. The molecule has 134 valence electrons. The maximum Gasteiger partial charge on any atom is 0.344 e. The van der Waals surface area contributed by atoms with Crippen LogP contribution in [0.5, 0.6) is 5.75 Å². The first-order valence-electron chi connectivity index (χ1n) is 7.89. The lowest BCUT2D eigenvalue weighted by molar-refractivity contribution is 0.415. The molecule has 5 nitrogen and oxygen atoms in total. The fraction of sp³-hybridized carbons (Fsp3) is 0.150. The fourth-order valence-electron chi connectivity index (χ4n) is 2.75. The monoisotopic (exact) mass is 370 g/mol. The molecule has 0 atom stereocenters. The minimum atomic E-state index is -3.28. The largest absolute Gasteiger partial charge is 0.497 e. The van der Waals surface area contributed by atoms with Gasteiger partial charge in [-0.1, -0.05) is 24.3 Å². The van der Waals surface area contributed by atoms with E-state index in [1.54, 1.807) is 56.5 Å². The van der Waals surface area contributed by atoms with Crippen LogP contribution in [0, 0.1) is 6.92 Å². The summed E-state index contributed by atoms with van der Waals surface area (Å²) < 4.78 is 33.8. The maximum absolute atomic E-state index is 12.5. The molecule has 0 aliphatic rings. The van der Waals surface area contributed by atoms with Crippen molar-refractivity contribution in [2.75, 3.05) is 13.4 Å². The topological polar surface area (TPSA) is 73.6 Å². The zero-order chi connectivity index (χ0) is 18.9. The van der Waals surface area contributed by atoms with Crippen molar-refractivity contribution >= 4 is 9.84 Å². The van der Waals surface area contributed by atoms with Gasteiger partial charge in [-0.05, 0) is 48.4 Å². The highest BCUT2D eigenvalue weighted by Gasteiger charge is 2.15. The zero-order valence-corrected chi connectivity index (χ0v) is 15.5. The van der Waals surface area contributed by atoms with Gasteiger partial charge in [-0.3, -0.25) is 0 Å². The Bertz CT molecular complexity index is 1090. The van der Waals surface area contributed by atoms with Crippen LogP contribution in [-0.4, -0.2) is 21.8 Å². The predicted molar refractivity (Wildman–Crippen MR) is 100 cm³/mol. The predicted octanol–water partition coefficient (Wildman–Crippen LogP) is 3.69. The summed E-state index contributed by atoms with van der Waals surface area (Å²) >= 11 is 0. The Labute approximate surface area is 151 Å². The molecule has 0 aliphatic carbocycles. The van der Waals surface area contributed by atoms with Crippen molar-refractivity contribution in [2.24, 2.45) is 0 Å². The van der Waals surface area contributed by atoms with Crippen molar-refractivity contribution in [3.05, 3.63) is 70.8 Å². The minimum Gasteiger partial charge on any atom is -0.497 e. The highest BCUT2D eigenvalue weighted by atomic mass is 32.2. The summed E-state index contributed by atoms with van der Waals surface area (Å²) in [7, 11) is -1.71. The molecular formula is C20H18O5S. The smallest absolute Gasteiger partial charge is 0.344 e. The van der Waals surface area contributed by atoms with Crippen LogP contribution in [0.3, 0.4) is 0 Å². The molecule has 0 N–H and O–H groups in total. The Morgan fingerprint density at radius 2 is 1.50 bits per heavy atom. The molecule has 3 rings (SSSR count). The summed E-state index contributed by atoms with van der Waals surface area (Å²) in [6.07, 6.45) is 1.16. The Kier molecular flexibility index (Phi) is 4.70. The summed E-state index contributed by atoms with van der Waals surface area (Å²) in [5, 5.41) is 0. The van der Waals surface area contributed by atoms with Crippen molar-refractivity contribution in [3.63, 3.8) is 0 Å². The number of methoxy groups -OCH3 is 1. The average Bonchev–Trinajstić information content (AvgIpc) is 2.61. The van der Waals surface area contributed by atoms with Gasteiger partial charge in [0.2, 0.25) is 0 Å². The zero-order valence-electron chi connectivity index (χ0n) is 14.6. The second-order valence-electron chi connectivity index (χ2n) is 5.96. The second kappa shape index (κ2) is 6.80. The van der Waals surface area contributed by atoms with Gasteiger partial charge in [0.15, 0.2) is 9.84 Å². The molecule has 0 unspecified atom stereocenters. The second-order valence-corrected chi connectivity index (χ2v) is 7.97. The van der Waals surface area contributed by atoms with E-state index in [1.165, 1.54) is 12.1 Å². The molecule has 0 aliphatic heterocycles. The molecule has 6 heteroatoms. The molecule has 0 radical (unpaired) electrons. The van der Waals surface area contributed by atoms with Crippen LogP contribution < -0.4 is 10.4 Å². The third-order valence-corrected chi connectivity index (χ3v) is 5.18. The Morgan fingerprint density at radius 1 is 0.923 bits per heavy atom. The molecule has 26 heavy (non-hydrogen) atoms. The molecule has 0 amide bonds. The maximum atomic E-state index is 12.5. The highest BCUT2D eigenvalue weighted by molar-refractivity contribution is 7.90. The highest BCUT2D eigenvalue weighted by Crippen LogP contribution is 2.31. The van der Waals surface area contributed by atoms with Gasteiger partial charge in [0.05, 0.1) is 17.6 Å². The van der Waals surface area contributed by atoms with Crippen molar-refractivity contribution in [1.82, 2.24) is 0 Å². The van der Waals surface area contributed by atoms with Gasteiger partial charge < -0.3 is 9.15 Å². The van der Waals surface area contributed by atoms with E-state index < -0.39 is 15.5 Å². The molecule has 3 aromatic rings. The first-order chi connectivity index (χ1) is 12.3. The van der Waals surface area contributed by atoms with Gasteiger partial charge >= 0.3 is 5.63 Å². The standard InChI is InChI=1S/C20H18O5S/c1-13-12-18(14-6-10-17(11-7-14)26(3,22)23)19(20(21)25-13)15-4-8-16(24-2)9-5-15/h4-12H,1-3H3. The number of benzene rings is 2. The van der Waals surface area contributed by atoms with E-state index in [1.807, 2.05) is 0 Å². The number of hydrogen-bond acceptors (Lipinski definition) is 5. The summed E-state index contributed by atoms with van der Waals surface area (Å²) in [5.41, 5.74) is 2.09. The molecule has 1 heterocycles. The lowest BCUT2D eigenvalue weighted by Gasteiger charge is -2.11. The molecule has 1 aromatic heterocycles. The number of rotatable bonds is 4. The molecule has 2 aromatic carbocycles. The number of sulfone groups is 1. The van der Waals surface area contributed by atoms with Crippen LogP contribution in [0.1, 0.15) is 5.76 Å². The van der Waals surface area contributed by atoms with Gasteiger partial charge in [0, 0.05) is 11.8 Å². The van der Waals surface area contributed by atoms with Gasteiger partial charge in [0.1, 0.15) is 11.5 Å². The van der Waals surface area contributed by atoms with E-state index in [-0.39, 0.29) is 4.90 Å². The molecule has 0 spiro atoms. The number of aryl methyl sites for hydroxylation is 1. The van der Waals surface area contributed by atoms with Gasteiger partial charge in [-0.15, -0.1) is 0 Å². The minimum absolute atomic E-state index is 0.229. The van der Waals surface area contributed by atoms with Crippen molar-refractivity contribution in [1.29, 1.82) is 0 Å². The summed E-state index contributed by atoms with van der Waals surface area (Å²) in [5.74, 6) is 1.17. The van der Waals surface area contributed by atoms with Crippen LogP contribution in [0.15, 0.2) is 68.7 Å². The number of ether oxygens (including phenoxy) is 1. The van der Waals surface area contributed by atoms with Crippen molar-refractivity contribution < 1.29 is 17.6 Å². The lowest BCUT2D eigenvalue weighted by Crippen LogP contribution is -2.06. The van der Waals surface area contributed by atoms with E-state index in [9.17, 15) is 13.2 Å². The van der Waals surface area contributed by atoms with Crippen LogP contribution in [0.2, 0.25) is 0 Å². The fourth-order valence-corrected chi connectivity index (χ4v) is 3.38. The van der Waals surface area contributed by atoms with E-state index >= 15 is 0 Å². The van der Waals surface area contributed by atoms with Crippen LogP contribution in [0.25, 0.3) is 22.3 Å². The van der Waals surface area contributed by atoms with E-state index in [4.69, 9.17) is 9.15 Å². The van der Waals surface area contributed by atoms with E-state index in [2.05, 4.69) is 0 Å². The molecule has 0 saturated carbocycles. The Balaban J connectivity index is 2.19. The summed E-state index contributed by atoms with van der Waals surface area (Å²) in [6, 6.07) is 15.3. The molecular weight excluding hydrogens is 352 g/mol. The first-order valence-corrected chi connectivity index (χ1v) is 9.78. The normalized spacial score (nSPS) is 11.3. The van der Waals surface area contributed by atoms with E-state index in [0.29, 0.717) is 28.2 Å². The summed E-state index contributed by atoms with van der Waals surface area (Å²) in [4.78, 5) is 12.8. The Hall–Kier alpha value is -2.86. The van der Waals surface area contributed by atoms with Crippen molar-refractivity contribution in [2.45, 2.75) is 11.8 Å². The summed E-state index contributed by atoms with van der Waals surface area (Å²) in [6.45, 7) is 1.70. The van der Waals surface area contributed by atoms with Gasteiger partial charge in [0.25, 0.3) is 0 Å². The molecule has 0 fully saturated rings. The quantitative estimate of drug-likeness (QED) is 0.700. The van der Waals surface area contributed by atoms with Gasteiger partial charge in [-0.25, -0.2) is 13.2 Å². The third-order valence-electron chi connectivity index (χ3n) is 4.05. The third kappa shape index (κ3) is 3.55. The SMILES string of the molecule is COc1ccc(-c2c(-c3ccc(S(C)(=O)=O)cc3)cc(C)oc2=O)cc1. The van der Waals surface area contributed by atoms with Gasteiger partial charge in [-0.2, -0.15) is 0 Å². The van der Waals surface area contributed by atoms with E-state index in [0.717, 1.165) is 11.8 Å². The number of hydrogen-bond donors (Lipinski definition) is 0. The molecule has 0 bridgehead atoms. The molecule has 0 saturated heterocycles. The lowest BCUT2D eigenvalue weighted by atomic mass is 9.96. The van der Waals surface area contributed by atoms with Crippen molar-refractivity contribution in [3.8, 4) is 28.0 Å².